The highest BCUT2D eigenvalue weighted by atomic mass is 16.5. The van der Waals surface area contributed by atoms with Crippen molar-refractivity contribution < 1.29 is 19.1 Å². The van der Waals surface area contributed by atoms with Gasteiger partial charge in [0.2, 0.25) is 0 Å². The molecule has 0 aliphatic rings. The van der Waals surface area contributed by atoms with Gasteiger partial charge in [-0.15, -0.1) is 0 Å². The first kappa shape index (κ1) is 23.9. The van der Waals surface area contributed by atoms with E-state index in [0.717, 1.165) is 16.8 Å². The van der Waals surface area contributed by atoms with Gasteiger partial charge in [0.15, 0.2) is 6.61 Å². The molecule has 0 unspecified atom stereocenters. The number of esters is 1. The predicted molar refractivity (Wildman–Crippen MR) is 122 cm³/mol. The molecule has 0 bridgehead atoms. The number of para-hydroxylation sites is 2. The van der Waals surface area contributed by atoms with Gasteiger partial charge in [-0.3, -0.25) is 4.79 Å². The van der Waals surface area contributed by atoms with Crippen molar-refractivity contribution in [2.75, 3.05) is 17.2 Å². The number of amides is 3. The molecule has 7 heteroatoms. The van der Waals surface area contributed by atoms with Gasteiger partial charge < -0.3 is 20.7 Å². The zero-order valence-electron chi connectivity index (χ0n) is 18.7. The van der Waals surface area contributed by atoms with Crippen LogP contribution in [0.15, 0.2) is 48.5 Å². The molecule has 0 radical (unpaired) electrons. The maximum absolute atomic E-state index is 12.5. The van der Waals surface area contributed by atoms with Crippen molar-refractivity contribution >= 4 is 29.3 Å². The normalized spacial score (nSPS) is 11.7. The standard InChI is InChI=1S/C24H31N3O4/c1-15(2)19-13-9-10-17(5)22(19)26-20(28)14-31-23(29)21(16(3)4)27-24(30)25-18-11-7-6-8-12-18/h6-13,15-16,21H,14H2,1-5H3,(H,26,28)(H2,25,27,30)/t21-/m0/s1. The van der Waals surface area contributed by atoms with Gasteiger partial charge in [-0.1, -0.05) is 64.1 Å². The molecule has 0 fully saturated rings. The summed E-state index contributed by atoms with van der Waals surface area (Å²) in [5, 5.41) is 8.12. The van der Waals surface area contributed by atoms with Crippen LogP contribution in [0.25, 0.3) is 0 Å². The fourth-order valence-electron chi connectivity index (χ4n) is 3.07. The van der Waals surface area contributed by atoms with E-state index in [1.54, 1.807) is 38.1 Å². The molecule has 0 aromatic heterocycles. The van der Waals surface area contributed by atoms with Crippen LogP contribution in [0.2, 0.25) is 0 Å². The van der Waals surface area contributed by atoms with Crippen LogP contribution in [0.1, 0.15) is 44.7 Å². The topological polar surface area (TPSA) is 96.5 Å². The second-order valence-corrected chi connectivity index (χ2v) is 8.04. The highest BCUT2D eigenvalue weighted by Gasteiger charge is 2.26. The summed E-state index contributed by atoms with van der Waals surface area (Å²) in [7, 11) is 0. The first-order valence-electron chi connectivity index (χ1n) is 10.4. The van der Waals surface area contributed by atoms with Gasteiger partial charge in [-0.25, -0.2) is 9.59 Å². The molecule has 0 saturated carbocycles. The minimum atomic E-state index is -0.888. The second kappa shape index (κ2) is 11.2. The average Bonchev–Trinajstić information content (AvgIpc) is 2.72. The van der Waals surface area contributed by atoms with Crippen molar-refractivity contribution in [3.63, 3.8) is 0 Å². The van der Waals surface area contributed by atoms with E-state index < -0.39 is 30.6 Å². The number of aryl methyl sites for hydroxylation is 1. The van der Waals surface area contributed by atoms with Crippen LogP contribution in [0, 0.1) is 12.8 Å². The lowest BCUT2D eigenvalue weighted by Crippen LogP contribution is -2.47. The quantitative estimate of drug-likeness (QED) is 0.545. The van der Waals surface area contributed by atoms with Gasteiger partial charge in [-0.2, -0.15) is 0 Å². The van der Waals surface area contributed by atoms with E-state index in [9.17, 15) is 14.4 Å². The summed E-state index contributed by atoms with van der Waals surface area (Å²) in [4.78, 5) is 37.2. The summed E-state index contributed by atoms with van der Waals surface area (Å²) in [6, 6.07) is 13.3. The maximum Gasteiger partial charge on any atom is 0.329 e. The maximum atomic E-state index is 12.5. The van der Waals surface area contributed by atoms with Crippen molar-refractivity contribution in [3.8, 4) is 0 Å². The van der Waals surface area contributed by atoms with Crippen LogP contribution in [0.3, 0.4) is 0 Å². The largest absolute Gasteiger partial charge is 0.454 e. The summed E-state index contributed by atoms with van der Waals surface area (Å²) in [6.45, 7) is 9.15. The van der Waals surface area contributed by atoms with Crippen molar-refractivity contribution in [1.82, 2.24) is 5.32 Å². The molecule has 2 rings (SSSR count). The Morgan fingerprint density at radius 2 is 1.58 bits per heavy atom. The third kappa shape index (κ3) is 7.13. The van der Waals surface area contributed by atoms with Crippen molar-refractivity contribution in [2.45, 2.75) is 46.6 Å². The number of hydrogen-bond acceptors (Lipinski definition) is 4. The number of benzene rings is 2. The van der Waals surface area contributed by atoms with E-state index in [2.05, 4.69) is 16.0 Å². The van der Waals surface area contributed by atoms with E-state index in [1.165, 1.54) is 0 Å². The monoisotopic (exact) mass is 425 g/mol. The predicted octanol–water partition coefficient (Wildman–Crippen LogP) is 4.45. The number of carbonyl (C=O) groups excluding carboxylic acids is 3. The molecule has 0 aliphatic carbocycles. The number of anilines is 2. The smallest absolute Gasteiger partial charge is 0.329 e. The third-order valence-corrected chi connectivity index (χ3v) is 4.78. The lowest BCUT2D eigenvalue weighted by Gasteiger charge is -2.21. The lowest BCUT2D eigenvalue weighted by molar-refractivity contribution is -0.150. The first-order chi connectivity index (χ1) is 14.7. The number of rotatable bonds is 8. The van der Waals surface area contributed by atoms with Gasteiger partial charge in [0, 0.05) is 11.4 Å². The number of hydrogen-bond donors (Lipinski definition) is 3. The molecule has 1 atom stereocenters. The van der Waals surface area contributed by atoms with E-state index in [4.69, 9.17) is 4.74 Å². The lowest BCUT2D eigenvalue weighted by atomic mass is 9.98. The van der Waals surface area contributed by atoms with Gasteiger partial charge in [0.1, 0.15) is 6.04 Å². The molecule has 7 nitrogen and oxygen atoms in total. The van der Waals surface area contributed by atoms with E-state index in [-0.39, 0.29) is 11.8 Å². The Bertz CT molecular complexity index is 910. The minimum Gasteiger partial charge on any atom is -0.454 e. The van der Waals surface area contributed by atoms with Crippen LogP contribution in [-0.2, 0) is 14.3 Å². The Morgan fingerprint density at radius 1 is 0.903 bits per heavy atom. The summed E-state index contributed by atoms with van der Waals surface area (Å²) in [6.07, 6.45) is 0. The zero-order valence-corrected chi connectivity index (χ0v) is 18.7. The van der Waals surface area contributed by atoms with Gasteiger partial charge in [0.05, 0.1) is 0 Å². The van der Waals surface area contributed by atoms with Gasteiger partial charge in [-0.05, 0) is 42.0 Å². The molecule has 0 spiro atoms. The van der Waals surface area contributed by atoms with Crippen LogP contribution >= 0.6 is 0 Å². The molecule has 166 valence electrons. The summed E-state index contributed by atoms with van der Waals surface area (Å²) < 4.78 is 5.20. The molecule has 2 aromatic rings. The Hall–Kier alpha value is -3.35. The molecular formula is C24H31N3O4. The van der Waals surface area contributed by atoms with Gasteiger partial charge in [0.25, 0.3) is 5.91 Å². The van der Waals surface area contributed by atoms with E-state index in [1.807, 2.05) is 45.0 Å². The SMILES string of the molecule is Cc1cccc(C(C)C)c1NC(=O)COC(=O)[C@@H](NC(=O)Nc1ccccc1)C(C)C. The summed E-state index contributed by atoms with van der Waals surface area (Å²) >= 11 is 0. The Morgan fingerprint density at radius 3 is 2.19 bits per heavy atom. The Kier molecular flexibility index (Phi) is 8.61. The van der Waals surface area contributed by atoms with E-state index in [0.29, 0.717) is 5.69 Å². The number of carbonyl (C=O) groups is 3. The molecule has 3 N–H and O–H groups in total. The fraction of sp³-hybridized carbons (Fsp3) is 0.375. The molecule has 3 amide bonds. The highest BCUT2D eigenvalue weighted by Crippen LogP contribution is 2.27. The summed E-state index contributed by atoms with van der Waals surface area (Å²) in [5.74, 6) is -1.08. The molecule has 31 heavy (non-hydrogen) atoms. The average molecular weight is 426 g/mol. The second-order valence-electron chi connectivity index (χ2n) is 8.04. The van der Waals surface area contributed by atoms with Crippen molar-refractivity contribution in [2.24, 2.45) is 5.92 Å². The number of urea groups is 1. The third-order valence-electron chi connectivity index (χ3n) is 4.78. The highest BCUT2D eigenvalue weighted by molar-refractivity contribution is 5.96. The van der Waals surface area contributed by atoms with Crippen molar-refractivity contribution in [3.05, 3.63) is 59.7 Å². The van der Waals surface area contributed by atoms with Crippen LogP contribution in [0.4, 0.5) is 16.2 Å². The molecule has 0 aliphatic heterocycles. The molecule has 2 aromatic carbocycles. The minimum absolute atomic E-state index is 0.221. The van der Waals surface area contributed by atoms with Crippen molar-refractivity contribution in [1.29, 1.82) is 0 Å². The molecule has 0 heterocycles. The summed E-state index contributed by atoms with van der Waals surface area (Å²) in [5.41, 5.74) is 3.29. The number of ether oxygens (including phenoxy) is 1. The zero-order chi connectivity index (χ0) is 23.0. The van der Waals surface area contributed by atoms with Crippen LogP contribution in [0.5, 0.6) is 0 Å². The van der Waals surface area contributed by atoms with Gasteiger partial charge >= 0.3 is 12.0 Å². The van der Waals surface area contributed by atoms with Crippen LogP contribution < -0.4 is 16.0 Å². The first-order valence-corrected chi connectivity index (χ1v) is 10.4. The fourth-order valence-corrected chi connectivity index (χ4v) is 3.07. The Labute approximate surface area is 183 Å². The van der Waals surface area contributed by atoms with E-state index >= 15 is 0 Å². The molecular weight excluding hydrogens is 394 g/mol. The number of nitrogens with one attached hydrogen (secondary N) is 3. The van der Waals surface area contributed by atoms with Crippen LogP contribution in [-0.4, -0.2) is 30.6 Å². The molecule has 0 saturated heterocycles. The Balaban J connectivity index is 1.94.